The number of fused-ring (bicyclic) bond motifs is 2. The summed E-state index contributed by atoms with van der Waals surface area (Å²) < 4.78 is 7.62. The molecule has 0 radical (unpaired) electrons. The predicted molar refractivity (Wildman–Crippen MR) is 81.9 cm³/mol. The van der Waals surface area contributed by atoms with Gasteiger partial charge in [-0.15, -0.1) is 0 Å². The second-order valence-electron chi connectivity index (χ2n) is 4.77. The van der Waals surface area contributed by atoms with Crippen molar-refractivity contribution in [2.45, 2.75) is 0 Å². The summed E-state index contributed by atoms with van der Waals surface area (Å²) >= 11 is 5.92. The van der Waals surface area contributed by atoms with Crippen LogP contribution in [0.2, 0.25) is 5.02 Å². The summed E-state index contributed by atoms with van der Waals surface area (Å²) in [6, 6.07) is 9.98. The number of nitrogens with zero attached hydrogens (tertiary/aromatic N) is 1. The Kier molecular flexibility index (Phi) is 2.22. The first-order valence-corrected chi connectivity index (χ1v) is 6.67. The number of aromatic nitrogens is 1. The van der Waals surface area contributed by atoms with Gasteiger partial charge in [0.25, 0.3) is 0 Å². The number of aromatic amines is 1. The van der Waals surface area contributed by atoms with Gasteiger partial charge >= 0.3 is 0 Å². The van der Waals surface area contributed by atoms with Gasteiger partial charge in [0.05, 0.1) is 12.6 Å². The fourth-order valence-corrected chi connectivity index (χ4v) is 2.66. The van der Waals surface area contributed by atoms with Crippen molar-refractivity contribution in [1.29, 1.82) is 0 Å². The third-order valence-corrected chi connectivity index (χ3v) is 3.74. The number of benzene rings is 2. The molecule has 0 spiro atoms. The van der Waals surface area contributed by atoms with Crippen LogP contribution >= 0.6 is 11.6 Å². The SMILES string of the molecule is [2H]c1ccc2c(O)c(C3=Nc4cc(Cl)ccc4C3=O)[nH]c2c1. The van der Waals surface area contributed by atoms with Crippen molar-refractivity contribution in [3.63, 3.8) is 0 Å². The van der Waals surface area contributed by atoms with E-state index in [1.165, 1.54) is 0 Å². The lowest BCUT2D eigenvalue weighted by Crippen LogP contribution is -2.11. The first kappa shape index (κ1) is 11.1. The van der Waals surface area contributed by atoms with E-state index < -0.39 is 0 Å². The Bertz CT molecular complexity index is 991. The first-order chi connectivity index (χ1) is 10.5. The number of aromatic hydroxyl groups is 1. The fourth-order valence-electron chi connectivity index (χ4n) is 2.50. The largest absolute Gasteiger partial charge is 0.505 e. The van der Waals surface area contributed by atoms with Gasteiger partial charge in [-0.2, -0.15) is 0 Å². The van der Waals surface area contributed by atoms with Crippen molar-refractivity contribution in [1.82, 2.24) is 4.98 Å². The standard InChI is InChI=1S/C16H9ClN2O2/c17-8-5-6-10-12(7-8)19-14(16(10)21)13-15(20)9-3-1-2-4-11(9)18-13/h1-7,18,20H/i2D. The Morgan fingerprint density at radius 2 is 2.14 bits per heavy atom. The zero-order valence-corrected chi connectivity index (χ0v) is 11.4. The van der Waals surface area contributed by atoms with Crippen LogP contribution in [-0.4, -0.2) is 21.6 Å². The summed E-state index contributed by atoms with van der Waals surface area (Å²) in [5.74, 6) is -0.305. The van der Waals surface area contributed by atoms with Crippen LogP contribution in [0, 0.1) is 0 Å². The number of hydrogen-bond acceptors (Lipinski definition) is 3. The summed E-state index contributed by atoms with van der Waals surface area (Å²) in [6.45, 7) is 0. The quantitative estimate of drug-likeness (QED) is 0.716. The van der Waals surface area contributed by atoms with E-state index in [0.29, 0.717) is 33.2 Å². The lowest BCUT2D eigenvalue weighted by molar-refractivity contribution is 0.107. The van der Waals surface area contributed by atoms with Gasteiger partial charge in [-0.05, 0) is 30.3 Å². The van der Waals surface area contributed by atoms with Gasteiger partial charge in [-0.1, -0.05) is 23.7 Å². The predicted octanol–water partition coefficient (Wildman–Crippen LogP) is 3.84. The number of nitrogens with one attached hydrogen (secondary N) is 1. The van der Waals surface area contributed by atoms with E-state index in [0.717, 1.165) is 0 Å². The number of rotatable bonds is 1. The molecule has 3 aromatic rings. The van der Waals surface area contributed by atoms with E-state index in [2.05, 4.69) is 9.98 Å². The third-order valence-electron chi connectivity index (χ3n) is 3.50. The van der Waals surface area contributed by atoms with Crippen LogP contribution in [0.25, 0.3) is 10.9 Å². The maximum atomic E-state index is 12.5. The molecule has 4 nitrogen and oxygen atoms in total. The lowest BCUT2D eigenvalue weighted by Gasteiger charge is -1.97. The van der Waals surface area contributed by atoms with Crippen LogP contribution in [0.5, 0.6) is 5.75 Å². The average Bonchev–Trinajstić information content (AvgIpc) is 2.96. The van der Waals surface area contributed by atoms with Crippen molar-refractivity contribution >= 4 is 39.7 Å². The molecule has 2 heterocycles. The zero-order valence-electron chi connectivity index (χ0n) is 11.6. The maximum Gasteiger partial charge on any atom is 0.215 e. The second kappa shape index (κ2) is 4.20. The van der Waals surface area contributed by atoms with Crippen molar-refractivity contribution in [2.24, 2.45) is 4.99 Å². The Hall–Kier alpha value is -2.59. The van der Waals surface area contributed by atoms with Crippen molar-refractivity contribution in [2.75, 3.05) is 0 Å². The fraction of sp³-hybridized carbons (Fsp3) is 0. The highest BCUT2D eigenvalue weighted by molar-refractivity contribution is 6.55. The summed E-state index contributed by atoms with van der Waals surface area (Å²) in [6.07, 6.45) is 0. The van der Waals surface area contributed by atoms with Crippen LogP contribution in [0.15, 0.2) is 47.4 Å². The van der Waals surface area contributed by atoms with E-state index in [4.69, 9.17) is 13.0 Å². The number of ketones is 1. The molecule has 1 aliphatic rings. The molecule has 102 valence electrons. The van der Waals surface area contributed by atoms with Crippen LogP contribution in [0.3, 0.4) is 0 Å². The summed E-state index contributed by atoms with van der Waals surface area (Å²) in [5, 5.41) is 11.4. The lowest BCUT2D eigenvalue weighted by atomic mass is 10.1. The second-order valence-corrected chi connectivity index (χ2v) is 5.21. The van der Waals surface area contributed by atoms with E-state index in [1.54, 1.807) is 36.4 Å². The Morgan fingerprint density at radius 3 is 3.00 bits per heavy atom. The van der Waals surface area contributed by atoms with Gasteiger partial charge in [-0.3, -0.25) is 4.79 Å². The number of Topliss-reactive ketones (excluding diaryl/α,β-unsaturated/α-hetero) is 1. The molecule has 0 bridgehead atoms. The Balaban J connectivity index is 1.92. The zero-order chi connectivity index (χ0) is 15.4. The molecular formula is C16H9ClN2O2. The number of aliphatic imine (C=N–C) groups is 1. The van der Waals surface area contributed by atoms with E-state index in [1.807, 2.05) is 0 Å². The molecule has 2 N–H and O–H groups in total. The topological polar surface area (TPSA) is 65.5 Å². The molecule has 0 aliphatic carbocycles. The minimum Gasteiger partial charge on any atom is -0.505 e. The molecule has 0 saturated carbocycles. The molecule has 21 heavy (non-hydrogen) atoms. The van der Waals surface area contributed by atoms with Crippen molar-refractivity contribution in [3.8, 4) is 5.75 Å². The number of H-pyrrole nitrogens is 1. The average molecular weight is 298 g/mol. The molecule has 2 aromatic carbocycles. The molecule has 0 atom stereocenters. The number of carbonyl (C=O) groups is 1. The summed E-state index contributed by atoms with van der Waals surface area (Å²) in [7, 11) is 0. The van der Waals surface area contributed by atoms with Gasteiger partial charge < -0.3 is 10.1 Å². The summed E-state index contributed by atoms with van der Waals surface area (Å²) in [5.41, 5.74) is 1.95. The Morgan fingerprint density at radius 1 is 1.29 bits per heavy atom. The normalized spacial score (nSPS) is 14.2. The van der Waals surface area contributed by atoms with E-state index >= 15 is 0 Å². The highest BCUT2D eigenvalue weighted by atomic mass is 35.5. The minimum absolute atomic E-state index is 0.0407. The molecule has 0 amide bonds. The maximum absolute atomic E-state index is 12.5. The molecule has 1 aromatic heterocycles. The van der Waals surface area contributed by atoms with Crippen LogP contribution in [0.1, 0.15) is 17.4 Å². The Labute approximate surface area is 126 Å². The molecule has 5 heteroatoms. The van der Waals surface area contributed by atoms with Gasteiger partial charge in [0.2, 0.25) is 5.78 Å². The van der Waals surface area contributed by atoms with Crippen LogP contribution in [0.4, 0.5) is 5.69 Å². The van der Waals surface area contributed by atoms with Crippen molar-refractivity contribution in [3.05, 3.63) is 58.7 Å². The smallest absolute Gasteiger partial charge is 0.215 e. The molecule has 0 fully saturated rings. The third kappa shape index (κ3) is 1.69. The summed E-state index contributed by atoms with van der Waals surface area (Å²) in [4.78, 5) is 19.7. The van der Waals surface area contributed by atoms with E-state index in [-0.39, 0.29) is 22.9 Å². The highest BCUT2D eigenvalue weighted by Gasteiger charge is 2.29. The van der Waals surface area contributed by atoms with Gasteiger partial charge in [0.1, 0.15) is 11.4 Å². The first-order valence-electron chi connectivity index (χ1n) is 6.79. The van der Waals surface area contributed by atoms with Crippen molar-refractivity contribution < 1.29 is 11.3 Å². The molecule has 0 unspecified atom stereocenters. The molecular weight excluding hydrogens is 288 g/mol. The van der Waals surface area contributed by atoms with Gasteiger partial charge in [0, 0.05) is 15.9 Å². The number of carbonyl (C=O) groups excluding carboxylic acids is 1. The van der Waals surface area contributed by atoms with Gasteiger partial charge in [0.15, 0.2) is 5.75 Å². The molecule has 0 saturated heterocycles. The number of para-hydroxylation sites is 1. The van der Waals surface area contributed by atoms with E-state index in [9.17, 15) is 9.90 Å². The minimum atomic E-state index is -0.264. The monoisotopic (exact) mass is 297 g/mol. The molecule has 4 rings (SSSR count). The van der Waals surface area contributed by atoms with Gasteiger partial charge in [-0.25, -0.2) is 4.99 Å². The van der Waals surface area contributed by atoms with Crippen LogP contribution < -0.4 is 0 Å². The van der Waals surface area contributed by atoms with Crippen LogP contribution in [-0.2, 0) is 0 Å². The number of halogens is 1. The highest BCUT2D eigenvalue weighted by Crippen LogP contribution is 2.35. The number of hydrogen-bond donors (Lipinski definition) is 2. The molecule has 1 aliphatic heterocycles.